The van der Waals surface area contributed by atoms with Gasteiger partial charge in [0, 0.05) is 13.1 Å². The van der Waals surface area contributed by atoms with E-state index in [1.807, 2.05) is 18.7 Å². The van der Waals surface area contributed by atoms with Gasteiger partial charge in [0.05, 0.1) is 11.0 Å². The number of nitrogens with zero attached hydrogens (tertiary/aromatic N) is 1. The Morgan fingerprint density at radius 2 is 2.00 bits per heavy atom. The zero-order valence-corrected chi connectivity index (χ0v) is 9.73. The Balaban J connectivity index is 2.32. The Morgan fingerprint density at radius 1 is 1.46 bits per heavy atom. The first-order valence-electron chi connectivity index (χ1n) is 5.13. The van der Waals surface area contributed by atoms with E-state index in [-0.39, 0.29) is 0 Å². The Hall–Kier alpha value is 0.270. The second-order valence-electron chi connectivity index (χ2n) is 4.09. The fourth-order valence-electron chi connectivity index (χ4n) is 1.72. The molecule has 1 unspecified atom stereocenters. The number of hydrogen-bond donors (Lipinski definition) is 1. The van der Waals surface area contributed by atoms with Crippen LogP contribution in [0.5, 0.6) is 0 Å². The lowest BCUT2D eigenvalue weighted by Crippen LogP contribution is -2.45. The number of thioether (sulfide) groups is 1. The van der Waals surface area contributed by atoms with E-state index in [1.165, 1.54) is 5.75 Å². The highest BCUT2D eigenvalue weighted by atomic mass is 32.2. The molecule has 1 rings (SSSR count). The van der Waals surface area contributed by atoms with Gasteiger partial charge in [0.2, 0.25) is 0 Å². The fourth-order valence-corrected chi connectivity index (χ4v) is 2.62. The maximum atomic E-state index is 9.77. The van der Waals surface area contributed by atoms with Gasteiger partial charge in [0.25, 0.3) is 0 Å². The third kappa shape index (κ3) is 3.49. The molecule has 13 heavy (non-hydrogen) atoms. The number of aliphatic hydroxyl groups is 1. The maximum absolute atomic E-state index is 9.77. The molecule has 2 nitrogen and oxygen atoms in total. The number of hydrogen-bond acceptors (Lipinski definition) is 3. The van der Waals surface area contributed by atoms with Crippen LogP contribution in [-0.2, 0) is 0 Å². The molecule has 0 radical (unpaired) electrons. The zero-order chi connectivity index (χ0) is 9.90. The molecular formula is C10H21NOS. The van der Waals surface area contributed by atoms with E-state index in [0.29, 0.717) is 5.37 Å². The maximum Gasteiger partial charge on any atom is 0.0644 e. The summed E-state index contributed by atoms with van der Waals surface area (Å²) in [6.07, 6.45) is 1.84. The standard InChI is InChI=1S/C10H21NOS/c1-4-13-9(2)11-7-5-10(3,12)6-8-11/h9,12H,4-8H2,1-3H3. The van der Waals surface area contributed by atoms with Gasteiger partial charge in [-0.15, -0.1) is 11.8 Å². The van der Waals surface area contributed by atoms with Crippen LogP contribution in [0.2, 0.25) is 0 Å². The molecule has 1 N–H and O–H groups in total. The summed E-state index contributed by atoms with van der Waals surface area (Å²) in [6, 6.07) is 0. The molecule has 1 heterocycles. The van der Waals surface area contributed by atoms with Crippen molar-refractivity contribution in [2.75, 3.05) is 18.8 Å². The third-order valence-corrected chi connectivity index (χ3v) is 3.91. The summed E-state index contributed by atoms with van der Waals surface area (Å²) in [5.74, 6) is 1.17. The van der Waals surface area contributed by atoms with Crippen molar-refractivity contribution in [1.82, 2.24) is 4.90 Å². The molecule has 0 spiro atoms. The van der Waals surface area contributed by atoms with E-state index in [1.54, 1.807) is 0 Å². The van der Waals surface area contributed by atoms with Gasteiger partial charge in [0.15, 0.2) is 0 Å². The highest BCUT2D eigenvalue weighted by molar-refractivity contribution is 7.99. The van der Waals surface area contributed by atoms with Gasteiger partial charge in [-0.2, -0.15) is 0 Å². The van der Waals surface area contributed by atoms with E-state index in [2.05, 4.69) is 18.7 Å². The quantitative estimate of drug-likeness (QED) is 0.758. The summed E-state index contributed by atoms with van der Waals surface area (Å²) in [6.45, 7) is 8.49. The molecule has 0 amide bonds. The molecule has 0 aromatic rings. The van der Waals surface area contributed by atoms with Crippen LogP contribution in [0.15, 0.2) is 0 Å². The molecule has 0 aliphatic carbocycles. The van der Waals surface area contributed by atoms with Crippen LogP contribution in [-0.4, -0.2) is 39.8 Å². The second-order valence-corrected chi connectivity index (χ2v) is 5.68. The molecule has 1 aliphatic rings. The van der Waals surface area contributed by atoms with Gasteiger partial charge in [-0.1, -0.05) is 6.92 Å². The van der Waals surface area contributed by atoms with Gasteiger partial charge in [-0.05, 0) is 32.4 Å². The molecule has 3 heteroatoms. The highest BCUT2D eigenvalue weighted by Crippen LogP contribution is 2.25. The Kier molecular flexibility index (Phi) is 4.07. The monoisotopic (exact) mass is 203 g/mol. The average molecular weight is 203 g/mol. The lowest BCUT2D eigenvalue weighted by molar-refractivity contribution is -0.00667. The van der Waals surface area contributed by atoms with Gasteiger partial charge >= 0.3 is 0 Å². The van der Waals surface area contributed by atoms with E-state index in [4.69, 9.17) is 0 Å². The minimum Gasteiger partial charge on any atom is -0.390 e. The number of rotatable bonds is 3. The lowest BCUT2D eigenvalue weighted by atomic mass is 9.94. The first-order valence-corrected chi connectivity index (χ1v) is 6.18. The predicted octanol–water partition coefficient (Wildman–Crippen LogP) is 1.93. The normalized spacial score (nSPS) is 25.8. The number of piperidine rings is 1. The smallest absolute Gasteiger partial charge is 0.0644 e. The van der Waals surface area contributed by atoms with E-state index in [0.717, 1.165) is 25.9 Å². The van der Waals surface area contributed by atoms with E-state index < -0.39 is 5.60 Å². The molecule has 0 aromatic heterocycles. The van der Waals surface area contributed by atoms with Gasteiger partial charge in [-0.25, -0.2) is 0 Å². The summed E-state index contributed by atoms with van der Waals surface area (Å²) in [5, 5.41) is 10.4. The summed E-state index contributed by atoms with van der Waals surface area (Å²) in [4.78, 5) is 2.46. The average Bonchev–Trinajstić information content (AvgIpc) is 2.04. The van der Waals surface area contributed by atoms with Crippen molar-refractivity contribution in [3.8, 4) is 0 Å². The first kappa shape index (κ1) is 11.3. The van der Waals surface area contributed by atoms with Gasteiger partial charge in [0.1, 0.15) is 0 Å². The molecule has 1 fully saturated rings. The van der Waals surface area contributed by atoms with Crippen molar-refractivity contribution in [2.45, 2.75) is 44.6 Å². The Morgan fingerprint density at radius 3 is 2.46 bits per heavy atom. The summed E-state index contributed by atoms with van der Waals surface area (Å²) in [7, 11) is 0. The van der Waals surface area contributed by atoms with Crippen LogP contribution in [0.25, 0.3) is 0 Å². The van der Waals surface area contributed by atoms with E-state index >= 15 is 0 Å². The van der Waals surface area contributed by atoms with Crippen molar-refractivity contribution < 1.29 is 5.11 Å². The molecular weight excluding hydrogens is 182 g/mol. The van der Waals surface area contributed by atoms with Gasteiger partial charge in [-0.3, -0.25) is 4.90 Å². The van der Waals surface area contributed by atoms with Crippen LogP contribution in [0, 0.1) is 0 Å². The first-order chi connectivity index (χ1) is 6.05. The molecule has 0 bridgehead atoms. The predicted molar refractivity (Wildman–Crippen MR) is 59.0 cm³/mol. The van der Waals surface area contributed by atoms with Crippen molar-refractivity contribution in [2.24, 2.45) is 0 Å². The topological polar surface area (TPSA) is 23.5 Å². The van der Waals surface area contributed by atoms with Crippen molar-refractivity contribution in [3.63, 3.8) is 0 Å². The van der Waals surface area contributed by atoms with Crippen LogP contribution >= 0.6 is 11.8 Å². The summed E-state index contributed by atoms with van der Waals surface area (Å²) >= 11 is 1.98. The summed E-state index contributed by atoms with van der Waals surface area (Å²) in [5.41, 5.74) is -0.410. The second kappa shape index (κ2) is 4.67. The summed E-state index contributed by atoms with van der Waals surface area (Å²) < 4.78 is 0. The third-order valence-electron chi connectivity index (χ3n) is 2.80. The molecule has 1 atom stereocenters. The van der Waals surface area contributed by atoms with Gasteiger partial charge < -0.3 is 5.11 Å². The fraction of sp³-hybridized carbons (Fsp3) is 1.00. The van der Waals surface area contributed by atoms with Crippen LogP contribution in [0.3, 0.4) is 0 Å². The number of likely N-dealkylation sites (tertiary alicyclic amines) is 1. The van der Waals surface area contributed by atoms with Crippen molar-refractivity contribution in [3.05, 3.63) is 0 Å². The molecule has 1 saturated heterocycles. The SMILES string of the molecule is CCSC(C)N1CCC(C)(O)CC1. The van der Waals surface area contributed by atoms with Crippen LogP contribution in [0.4, 0.5) is 0 Å². The van der Waals surface area contributed by atoms with Crippen molar-refractivity contribution in [1.29, 1.82) is 0 Å². The largest absolute Gasteiger partial charge is 0.390 e. The molecule has 1 aliphatic heterocycles. The Labute approximate surface area is 85.7 Å². The zero-order valence-electron chi connectivity index (χ0n) is 8.92. The molecule has 78 valence electrons. The minimum atomic E-state index is -0.410. The molecule has 0 saturated carbocycles. The lowest BCUT2D eigenvalue weighted by Gasteiger charge is -2.38. The highest BCUT2D eigenvalue weighted by Gasteiger charge is 2.29. The Bertz CT molecular complexity index is 151. The van der Waals surface area contributed by atoms with Crippen LogP contribution in [0.1, 0.15) is 33.6 Å². The van der Waals surface area contributed by atoms with Crippen LogP contribution < -0.4 is 0 Å². The van der Waals surface area contributed by atoms with E-state index in [9.17, 15) is 5.11 Å². The molecule has 0 aromatic carbocycles. The minimum absolute atomic E-state index is 0.410. The van der Waals surface area contributed by atoms with Crippen molar-refractivity contribution >= 4 is 11.8 Å².